The van der Waals surface area contributed by atoms with Gasteiger partial charge in [-0.2, -0.15) is 11.8 Å². The van der Waals surface area contributed by atoms with Crippen LogP contribution < -0.4 is 5.32 Å². The molecular formula is C14H22N2S. The summed E-state index contributed by atoms with van der Waals surface area (Å²) in [6, 6.07) is 4.16. The first-order valence-electron chi connectivity index (χ1n) is 6.49. The number of aromatic nitrogens is 1. The summed E-state index contributed by atoms with van der Waals surface area (Å²) in [7, 11) is 0. The SMILES string of the molecule is CSC1(CNCCc2cccnc2)CCCC1. The van der Waals surface area contributed by atoms with Crippen LogP contribution in [0.25, 0.3) is 0 Å². The highest BCUT2D eigenvalue weighted by Gasteiger charge is 2.32. The number of pyridine rings is 1. The third-order valence-corrected chi connectivity index (χ3v) is 5.13. The van der Waals surface area contributed by atoms with Crippen molar-refractivity contribution in [3.63, 3.8) is 0 Å². The van der Waals surface area contributed by atoms with Gasteiger partial charge in [0.05, 0.1) is 0 Å². The lowest BCUT2D eigenvalue weighted by molar-refractivity contribution is 0.535. The monoisotopic (exact) mass is 250 g/mol. The predicted molar refractivity (Wildman–Crippen MR) is 75.5 cm³/mol. The Morgan fingerprint density at radius 3 is 2.88 bits per heavy atom. The van der Waals surface area contributed by atoms with Gasteiger partial charge >= 0.3 is 0 Å². The molecule has 17 heavy (non-hydrogen) atoms. The summed E-state index contributed by atoms with van der Waals surface area (Å²) in [5, 5.41) is 3.62. The summed E-state index contributed by atoms with van der Waals surface area (Å²) in [5.74, 6) is 0. The van der Waals surface area contributed by atoms with Crippen molar-refractivity contribution in [1.82, 2.24) is 10.3 Å². The maximum Gasteiger partial charge on any atom is 0.0300 e. The number of nitrogens with one attached hydrogen (secondary N) is 1. The van der Waals surface area contributed by atoms with E-state index in [2.05, 4.69) is 34.4 Å². The second-order valence-corrected chi connectivity index (χ2v) is 6.16. The highest BCUT2D eigenvalue weighted by Crippen LogP contribution is 2.39. The van der Waals surface area contributed by atoms with Gasteiger partial charge in [-0.15, -0.1) is 0 Å². The normalized spacial score (nSPS) is 18.4. The topological polar surface area (TPSA) is 24.9 Å². The summed E-state index contributed by atoms with van der Waals surface area (Å²) in [6.07, 6.45) is 12.7. The molecule has 3 heteroatoms. The van der Waals surface area contributed by atoms with Crippen LogP contribution in [0.3, 0.4) is 0 Å². The van der Waals surface area contributed by atoms with Crippen LogP contribution in [0.1, 0.15) is 31.2 Å². The Balaban J connectivity index is 1.69. The molecule has 1 heterocycles. The van der Waals surface area contributed by atoms with Crippen molar-refractivity contribution in [1.29, 1.82) is 0 Å². The lowest BCUT2D eigenvalue weighted by Gasteiger charge is -2.27. The lowest BCUT2D eigenvalue weighted by atomic mass is 10.1. The van der Waals surface area contributed by atoms with Gasteiger partial charge in [-0.05, 0) is 43.7 Å². The number of rotatable bonds is 6. The number of nitrogens with zero attached hydrogens (tertiary/aromatic N) is 1. The van der Waals surface area contributed by atoms with Gasteiger partial charge in [-0.25, -0.2) is 0 Å². The number of hydrogen-bond acceptors (Lipinski definition) is 3. The summed E-state index contributed by atoms with van der Waals surface area (Å²) in [5.41, 5.74) is 1.32. The molecule has 1 fully saturated rings. The summed E-state index contributed by atoms with van der Waals surface area (Å²) in [4.78, 5) is 4.14. The fourth-order valence-corrected chi connectivity index (χ4v) is 3.51. The summed E-state index contributed by atoms with van der Waals surface area (Å²) >= 11 is 2.05. The van der Waals surface area contributed by atoms with E-state index in [4.69, 9.17) is 0 Å². The van der Waals surface area contributed by atoms with Gasteiger partial charge in [-0.3, -0.25) is 4.98 Å². The van der Waals surface area contributed by atoms with Crippen LogP contribution in [-0.4, -0.2) is 29.1 Å². The molecule has 0 spiro atoms. The molecular weight excluding hydrogens is 228 g/mol. The van der Waals surface area contributed by atoms with Crippen LogP contribution in [0.5, 0.6) is 0 Å². The Morgan fingerprint density at radius 1 is 1.41 bits per heavy atom. The highest BCUT2D eigenvalue weighted by atomic mass is 32.2. The summed E-state index contributed by atoms with van der Waals surface area (Å²) < 4.78 is 0.523. The molecule has 0 radical (unpaired) electrons. The van der Waals surface area contributed by atoms with Crippen molar-refractivity contribution in [2.75, 3.05) is 19.3 Å². The van der Waals surface area contributed by atoms with Crippen molar-refractivity contribution in [3.05, 3.63) is 30.1 Å². The van der Waals surface area contributed by atoms with E-state index >= 15 is 0 Å². The number of hydrogen-bond donors (Lipinski definition) is 1. The smallest absolute Gasteiger partial charge is 0.0300 e. The number of thioether (sulfide) groups is 1. The molecule has 0 aliphatic heterocycles. The third-order valence-electron chi connectivity index (χ3n) is 3.71. The van der Waals surface area contributed by atoms with Gasteiger partial charge in [0.15, 0.2) is 0 Å². The molecule has 0 atom stereocenters. The molecule has 1 saturated carbocycles. The first-order chi connectivity index (χ1) is 8.35. The molecule has 0 aromatic carbocycles. The fraction of sp³-hybridized carbons (Fsp3) is 0.643. The fourth-order valence-electron chi connectivity index (χ4n) is 2.57. The van der Waals surface area contributed by atoms with Crippen LogP contribution in [0.15, 0.2) is 24.5 Å². The van der Waals surface area contributed by atoms with Gasteiger partial charge in [-0.1, -0.05) is 18.9 Å². The molecule has 0 unspecified atom stereocenters. The van der Waals surface area contributed by atoms with Crippen molar-refractivity contribution in [3.8, 4) is 0 Å². The minimum atomic E-state index is 0.523. The Hall–Kier alpha value is -0.540. The van der Waals surface area contributed by atoms with Gasteiger partial charge in [0, 0.05) is 23.7 Å². The Morgan fingerprint density at radius 2 is 2.24 bits per heavy atom. The molecule has 1 aromatic heterocycles. The van der Waals surface area contributed by atoms with E-state index < -0.39 is 0 Å². The van der Waals surface area contributed by atoms with Crippen LogP contribution in [0.4, 0.5) is 0 Å². The van der Waals surface area contributed by atoms with Gasteiger partial charge in [0.2, 0.25) is 0 Å². The van der Waals surface area contributed by atoms with Crippen LogP contribution in [0.2, 0.25) is 0 Å². The van der Waals surface area contributed by atoms with Crippen molar-refractivity contribution in [2.45, 2.75) is 36.9 Å². The van der Waals surface area contributed by atoms with E-state index in [9.17, 15) is 0 Å². The van der Waals surface area contributed by atoms with E-state index in [-0.39, 0.29) is 0 Å². The minimum Gasteiger partial charge on any atom is -0.315 e. The van der Waals surface area contributed by atoms with E-state index in [1.165, 1.54) is 31.2 Å². The zero-order valence-electron chi connectivity index (χ0n) is 10.6. The zero-order valence-corrected chi connectivity index (χ0v) is 11.4. The largest absolute Gasteiger partial charge is 0.315 e. The average Bonchev–Trinajstić information content (AvgIpc) is 2.85. The molecule has 1 N–H and O–H groups in total. The highest BCUT2D eigenvalue weighted by molar-refractivity contribution is 8.00. The second-order valence-electron chi connectivity index (χ2n) is 4.88. The van der Waals surface area contributed by atoms with Crippen LogP contribution in [-0.2, 0) is 6.42 Å². The van der Waals surface area contributed by atoms with E-state index in [1.54, 1.807) is 0 Å². The zero-order chi connectivity index (χ0) is 12.0. The first kappa shape index (κ1) is 12.9. The molecule has 0 saturated heterocycles. The van der Waals surface area contributed by atoms with E-state index in [0.29, 0.717) is 4.75 Å². The first-order valence-corrected chi connectivity index (χ1v) is 7.72. The molecule has 94 valence electrons. The average molecular weight is 250 g/mol. The Kier molecular flexibility index (Phi) is 4.86. The predicted octanol–water partition coefficient (Wildman–Crippen LogP) is 2.89. The van der Waals surface area contributed by atoms with E-state index in [0.717, 1.165) is 19.5 Å². The van der Waals surface area contributed by atoms with Gasteiger partial charge < -0.3 is 5.32 Å². The molecule has 0 bridgehead atoms. The molecule has 1 aliphatic carbocycles. The lowest BCUT2D eigenvalue weighted by Crippen LogP contribution is -2.36. The standard InChI is InChI=1S/C14H22N2S/c1-17-14(7-2-3-8-14)12-16-10-6-13-5-4-9-15-11-13/h4-5,9,11,16H,2-3,6-8,10,12H2,1H3. The van der Waals surface area contributed by atoms with Crippen molar-refractivity contribution in [2.24, 2.45) is 0 Å². The third kappa shape index (κ3) is 3.71. The Bertz CT molecular complexity index is 320. The molecule has 2 nitrogen and oxygen atoms in total. The quantitative estimate of drug-likeness (QED) is 0.786. The minimum absolute atomic E-state index is 0.523. The molecule has 1 aliphatic rings. The Labute approximate surface area is 109 Å². The molecule has 0 amide bonds. The maximum atomic E-state index is 4.14. The van der Waals surface area contributed by atoms with Crippen molar-refractivity contribution < 1.29 is 0 Å². The molecule has 2 rings (SSSR count). The molecule has 1 aromatic rings. The van der Waals surface area contributed by atoms with Crippen molar-refractivity contribution >= 4 is 11.8 Å². The van der Waals surface area contributed by atoms with Crippen LogP contribution >= 0.6 is 11.8 Å². The maximum absolute atomic E-state index is 4.14. The second kappa shape index (κ2) is 6.41. The van der Waals surface area contributed by atoms with Gasteiger partial charge in [0.25, 0.3) is 0 Å². The summed E-state index contributed by atoms with van der Waals surface area (Å²) in [6.45, 7) is 2.22. The van der Waals surface area contributed by atoms with Gasteiger partial charge in [0.1, 0.15) is 0 Å². The van der Waals surface area contributed by atoms with Crippen LogP contribution in [0, 0.1) is 0 Å². The van der Waals surface area contributed by atoms with E-state index in [1.807, 2.05) is 18.5 Å².